The lowest BCUT2D eigenvalue weighted by Crippen LogP contribution is -2.36. The van der Waals surface area contributed by atoms with Gasteiger partial charge in [-0.1, -0.05) is 17.7 Å². The van der Waals surface area contributed by atoms with Crippen LogP contribution in [-0.4, -0.2) is 26.6 Å². The van der Waals surface area contributed by atoms with Crippen molar-refractivity contribution >= 4 is 16.1 Å². The number of aryl methyl sites for hydroxylation is 1. The zero-order valence-corrected chi connectivity index (χ0v) is 12.4. The van der Waals surface area contributed by atoms with Gasteiger partial charge in [-0.3, -0.25) is 8.98 Å². The van der Waals surface area contributed by atoms with E-state index in [1.807, 2.05) is 6.92 Å². The molecule has 0 amide bonds. The summed E-state index contributed by atoms with van der Waals surface area (Å²) in [5, 5.41) is 0. The molecule has 112 valence electrons. The number of ether oxygens (including phenoxy) is 1. The fourth-order valence-corrected chi connectivity index (χ4v) is 5.08. The smallest absolute Gasteiger partial charge is 0.309 e. The van der Waals surface area contributed by atoms with Gasteiger partial charge in [0.1, 0.15) is 12.2 Å². The van der Waals surface area contributed by atoms with Crippen molar-refractivity contribution in [2.75, 3.05) is 0 Å². The minimum atomic E-state index is -3.82. The fourth-order valence-electron chi connectivity index (χ4n) is 3.94. The highest BCUT2D eigenvalue weighted by Crippen LogP contribution is 2.55. The summed E-state index contributed by atoms with van der Waals surface area (Å²) in [4.78, 5) is 11.8. The summed E-state index contributed by atoms with van der Waals surface area (Å²) in [5.74, 6) is 0.0191. The molecule has 1 aromatic rings. The van der Waals surface area contributed by atoms with E-state index in [1.54, 1.807) is 24.3 Å². The Balaban J connectivity index is 1.59. The van der Waals surface area contributed by atoms with E-state index in [1.165, 1.54) is 0 Å². The number of carbonyl (C=O) groups excluding carboxylic acids is 1. The molecular formula is C15H16O5S. The summed E-state index contributed by atoms with van der Waals surface area (Å²) in [6.45, 7) is 1.89. The molecule has 2 saturated carbocycles. The Kier molecular flexibility index (Phi) is 2.72. The fraction of sp³-hybridized carbons (Fsp3) is 0.533. The van der Waals surface area contributed by atoms with Gasteiger partial charge in [-0.05, 0) is 37.8 Å². The lowest BCUT2D eigenvalue weighted by atomic mass is 9.88. The van der Waals surface area contributed by atoms with Crippen LogP contribution in [0.4, 0.5) is 0 Å². The van der Waals surface area contributed by atoms with E-state index in [9.17, 15) is 13.2 Å². The number of hydrogen-bond donors (Lipinski definition) is 0. The maximum atomic E-state index is 12.4. The molecule has 1 aromatic carbocycles. The van der Waals surface area contributed by atoms with Gasteiger partial charge in [0.25, 0.3) is 10.1 Å². The molecule has 3 aliphatic rings. The van der Waals surface area contributed by atoms with Crippen LogP contribution in [0.1, 0.15) is 18.4 Å². The van der Waals surface area contributed by atoms with Crippen molar-refractivity contribution in [1.29, 1.82) is 0 Å². The third kappa shape index (κ3) is 1.92. The lowest BCUT2D eigenvalue weighted by molar-refractivity contribution is -0.145. The second-order valence-corrected chi connectivity index (χ2v) is 7.80. The van der Waals surface area contributed by atoms with Crippen LogP contribution in [0.25, 0.3) is 0 Å². The summed E-state index contributed by atoms with van der Waals surface area (Å²) in [6, 6.07) is 6.56. The van der Waals surface area contributed by atoms with Gasteiger partial charge in [0, 0.05) is 5.92 Å². The number of hydrogen-bond acceptors (Lipinski definition) is 5. The van der Waals surface area contributed by atoms with Crippen molar-refractivity contribution in [3.63, 3.8) is 0 Å². The minimum absolute atomic E-state index is 0.0399. The number of esters is 1. The topological polar surface area (TPSA) is 69.7 Å². The number of carbonyl (C=O) groups is 1. The van der Waals surface area contributed by atoms with Crippen LogP contribution in [-0.2, 0) is 23.8 Å². The first kappa shape index (κ1) is 13.3. The first-order valence-corrected chi connectivity index (χ1v) is 8.57. The average molecular weight is 308 g/mol. The summed E-state index contributed by atoms with van der Waals surface area (Å²) < 4.78 is 35.5. The van der Waals surface area contributed by atoms with Crippen molar-refractivity contribution in [3.8, 4) is 0 Å². The van der Waals surface area contributed by atoms with Gasteiger partial charge in [-0.2, -0.15) is 8.42 Å². The monoisotopic (exact) mass is 308 g/mol. The molecule has 2 aliphatic carbocycles. The third-order valence-corrected chi connectivity index (χ3v) is 6.29. The summed E-state index contributed by atoms with van der Waals surface area (Å²) in [6.07, 6.45) is 0.606. The van der Waals surface area contributed by atoms with Gasteiger partial charge in [-0.15, -0.1) is 0 Å². The van der Waals surface area contributed by atoms with E-state index in [-0.39, 0.29) is 34.7 Å². The van der Waals surface area contributed by atoms with Gasteiger partial charge in [0.05, 0.1) is 10.8 Å². The molecule has 2 bridgehead atoms. The Bertz CT molecular complexity index is 693. The molecule has 21 heavy (non-hydrogen) atoms. The molecule has 4 rings (SSSR count). The van der Waals surface area contributed by atoms with Gasteiger partial charge < -0.3 is 4.74 Å². The molecule has 6 heteroatoms. The average Bonchev–Trinajstić information content (AvgIpc) is 3.04. The highest BCUT2D eigenvalue weighted by atomic mass is 32.2. The maximum Gasteiger partial charge on any atom is 0.309 e. The predicted octanol–water partition coefficient (Wildman–Crippen LogP) is 1.65. The Morgan fingerprint density at radius 3 is 2.62 bits per heavy atom. The van der Waals surface area contributed by atoms with Gasteiger partial charge in [0.2, 0.25) is 0 Å². The van der Waals surface area contributed by atoms with Crippen LogP contribution in [0.15, 0.2) is 29.2 Å². The first-order valence-electron chi connectivity index (χ1n) is 7.16. The third-order valence-electron chi connectivity index (χ3n) is 4.96. The van der Waals surface area contributed by atoms with Crippen LogP contribution < -0.4 is 0 Å². The van der Waals surface area contributed by atoms with Gasteiger partial charge in [-0.25, -0.2) is 0 Å². The molecule has 0 radical (unpaired) electrons. The normalized spacial score (nSPS) is 37.0. The van der Waals surface area contributed by atoms with Crippen molar-refractivity contribution in [2.24, 2.45) is 17.8 Å². The maximum absolute atomic E-state index is 12.4. The number of fused-ring (bicyclic) bond motifs is 1. The highest BCUT2D eigenvalue weighted by molar-refractivity contribution is 7.86. The van der Waals surface area contributed by atoms with E-state index < -0.39 is 16.2 Å². The standard InChI is InChI=1S/C15H16O5S/c1-8-2-4-10(5-3-8)21(17,18)20-13-9-6-11-12(7-9)15(16)19-14(11)13/h2-5,9,11-14H,6-7H2,1H3/t9-,11+,12-,13+,14+/m1/s1. The van der Waals surface area contributed by atoms with Crippen molar-refractivity contribution < 1.29 is 22.1 Å². The predicted molar refractivity (Wildman–Crippen MR) is 72.8 cm³/mol. The molecule has 0 spiro atoms. The van der Waals surface area contributed by atoms with Crippen molar-refractivity contribution in [2.45, 2.75) is 36.9 Å². The zero-order valence-electron chi connectivity index (χ0n) is 11.6. The minimum Gasteiger partial charge on any atom is -0.459 e. The second kappa shape index (κ2) is 4.30. The molecule has 5 atom stereocenters. The second-order valence-electron chi connectivity index (χ2n) is 6.23. The summed E-state index contributed by atoms with van der Waals surface area (Å²) in [5.41, 5.74) is 0.987. The van der Waals surface area contributed by atoms with Crippen LogP contribution >= 0.6 is 0 Å². The zero-order chi connectivity index (χ0) is 14.8. The SMILES string of the molecule is Cc1ccc(S(=O)(=O)O[C@H]2[C@@H]3C[C@@H]4[C@@H]2OC(=O)[C@@H]4C3)cc1. The molecular weight excluding hydrogens is 292 g/mol. The lowest BCUT2D eigenvalue weighted by Gasteiger charge is -2.24. The van der Waals surface area contributed by atoms with Crippen LogP contribution in [0.2, 0.25) is 0 Å². The summed E-state index contributed by atoms with van der Waals surface area (Å²) >= 11 is 0. The van der Waals surface area contributed by atoms with Crippen LogP contribution in [0, 0.1) is 24.7 Å². The Morgan fingerprint density at radius 2 is 1.90 bits per heavy atom. The number of benzene rings is 1. The van der Waals surface area contributed by atoms with Gasteiger partial charge in [0.15, 0.2) is 0 Å². The molecule has 0 unspecified atom stereocenters. The Labute approximate surface area is 123 Å². The van der Waals surface area contributed by atoms with Crippen LogP contribution in [0.3, 0.4) is 0 Å². The molecule has 0 aromatic heterocycles. The molecule has 1 saturated heterocycles. The first-order chi connectivity index (χ1) is 9.95. The van der Waals surface area contributed by atoms with E-state index >= 15 is 0 Å². The van der Waals surface area contributed by atoms with E-state index in [4.69, 9.17) is 8.92 Å². The van der Waals surface area contributed by atoms with E-state index in [2.05, 4.69) is 0 Å². The van der Waals surface area contributed by atoms with Crippen LogP contribution in [0.5, 0.6) is 0 Å². The number of rotatable bonds is 3. The highest BCUT2D eigenvalue weighted by Gasteiger charge is 2.63. The summed E-state index contributed by atoms with van der Waals surface area (Å²) in [7, 11) is -3.82. The van der Waals surface area contributed by atoms with Crippen molar-refractivity contribution in [3.05, 3.63) is 29.8 Å². The largest absolute Gasteiger partial charge is 0.459 e. The van der Waals surface area contributed by atoms with Gasteiger partial charge >= 0.3 is 5.97 Å². The molecule has 1 aliphatic heterocycles. The molecule has 5 nitrogen and oxygen atoms in total. The Hall–Kier alpha value is -1.40. The van der Waals surface area contributed by atoms with E-state index in [0.717, 1.165) is 12.0 Å². The van der Waals surface area contributed by atoms with Crippen molar-refractivity contribution in [1.82, 2.24) is 0 Å². The molecule has 3 fully saturated rings. The van der Waals surface area contributed by atoms with E-state index in [0.29, 0.717) is 6.42 Å². The molecule has 0 N–H and O–H groups in total. The quantitative estimate of drug-likeness (QED) is 0.627. The molecule has 1 heterocycles. The Morgan fingerprint density at radius 1 is 1.19 bits per heavy atom.